The van der Waals surface area contributed by atoms with Gasteiger partial charge in [-0.2, -0.15) is 0 Å². The number of ether oxygens (including phenoxy) is 2. The highest BCUT2D eigenvalue weighted by Crippen LogP contribution is 2.36. The number of hydrogen-bond acceptors (Lipinski definition) is 4. The van der Waals surface area contributed by atoms with Crippen LogP contribution in [0, 0.1) is 5.92 Å². The highest BCUT2D eigenvalue weighted by Gasteiger charge is 2.14. The van der Waals surface area contributed by atoms with Gasteiger partial charge in [0.2, 0.25) is 0 Å². The summed E-state index contributed by atoms with van der Waals surface area (Å²) in [5, 5.41) is 0.664. The van der Waals surface area contributed by atoms with Crippen molar-refractivity contribution in [2.75, 3.05) is 6.61 Å². The molecule has 4 nitrogen and oxygen atoms in total. The molecule has 0 bridgehead atoms. The zero-order valence-corrected chi connectivity index (χ0v) is 15.3. The smallest absolute Gasteiger partial charge is 0.311 e. The largest absolute Gasteiger partial charge is 0.466 e. The molecule has 0 aliphatic carbocycles. The second-order valence-electron chi connectivity index (χ2n) is 5.43. The summed E-state index contributed by atoms with van der Waals surface area (Å²) in [4.78, 5) is 23.2. The van der Waals surface area contributed by atoms with Crippen LogP contribution in [0.5, 0.6) is 5.75 Å². The van der Waals surface area contributed by atoms with Crippen molar-refractivity contribution in [2.24, 2.45) is 5.92 Å². The average molecular weight is 382 g/mol. The molecule has 0 saturated heterocycles. The third kappa shape index (κ3) is 7.91. The molecule has 23 heavy (non-hydrogen) atoms. The van der Waals surface area contributed by atoms with Gasteiger partial charge in [-0.25, -0.2) is 0 Å². The molecule has 0 fully saturated rings. The molecule has 0 unspecified atom stereocenters. The van der Waals surface area contributed by atoms with E-state index in [1.807, 2.05) is 0 Å². The van der Waals surface area contributed by atoms with Crippen LogP contribution in [0.4, 0.5) is 0 Å². The topological polar surface area (TPSA) is 52.6 Å². The molecule has 1 aromatic rings. The first-order chi connectivity index (χ1) is 10.8. The predicted octanol–water partition coefficient (Wildman–Crippen LogP) is 5.31. The molecule has 0 N–H and O–H groups in total. The summed E-state index contributed by atoms with van der Waals surface area (Å²) in [6.07, 6.45) is 1.38. The number of rotatable bonds is 8. The Morgan fingerprint density at radius 3 is 2.17 bits per heavy atom. The number of carbonyl (C=O) groups is 2. The molecule has 0 heterocycles. The van der Waals surface area contributed by atoms with Gasteiger partial charge >= 0.3 is 11.9 Å². The lowest BCUT2D eigenvalue weighted by Crippen LogP contribution is -2.11. The van der Waals surface area contributed by atoms with Crippen LogP contribution in [-0.2, 0) is 14.3 Å². The molecule has 0 aliphatic heterocycles. The molecule has 0 amide bonds. The average Bonchev–Trinajstić information content (AvgIpc) is 2.42. The molecule has 0 atom stereocenters. The second kappa shape index (κ2) is 10.0. The molecule has 7 heteroatoms. The molecule has 0 aromatic heterocycles. The van der Waals surface area contributed by atoms with Crippen molar-refractivity contribution in [3.05, 3.63) is 27.2 Å². The van der Waals surface area contributed by atoms with Crippen molar-refractivity contribution in [1.29, 1.82) is 0 Å². The molecule has 0 aliphatic rings. The normalized spacial score (nSPS) is 10.7. The Labute approximate surface area is 151 Å². The van der Waals surface area contributed by atoms with E-state index in [1.54, 1.807) is 0 Å². The number of carbonyl (C=O) groups excluding carboxylic acids is 2. The van der Waals surface area contributed by atoms with E-state index in [4.69, 9.17) is 44.3 Å². The van der Waals surface area contributed by atoms with E-state index in [9.17, 15) is 9.59 Å². The van der Waals surface area contributed by atoms with Gasteiger partial charge in [0, 0.05) is 17.9 Å². The van der Waals surface area contributed by atoms with Gasteiger partial charge in [0.15, 0.2) is 5.75 Å². The van der Waals surface area contributed by atoms with E-state index < -0.39 is 5.97 Å². The molecule has 0 saturated carbocycles. The third-order valence-electron chi connectivity index (χ3n) is 2.90. The predicted molar refractivity (Wildman–Crippen MR) is 91.4 cm³/mol. The Balaban J connectivity index is 2.34. The maximum atomic E-state index is 11.8. The van der Waals surface area contributed by atoms with Gasteiger partial charge in [-0.15, -0.1) is 0 Å². The first-order valence-corrected chi connectivity index (χ1v) is 8.43. The van der Waals surface area contributed by atoms with Gasteiger partial charge < -0.3 is 9.47 Å². The molecule has 128 valence electrons. The monoisotopic (exact) mass is 380 g/mol. The van der Waals surface area contributed by atoms with Gasteiger partial charge in [0.05, 0.1) is 16.7 Å². The van der Waals surface area contributed by atoms with E-state index in [0.29, 0.717) is 24.0 Å². The summed E-state index contributed by atoms with van der Waals surface area (Å²) in [5.41, 5.74) is 0. The number of benzene rings is 1. The quantitative estimate of drug-likeness (QED) is 0.452. The maximum absolute atomic E-state index is 11.8. The fourth-order valence-electron chi connectivity index (χ4n) is 1.65. The van der Waals surface area contributed by atoms with Crippen LogP contribution in [-0.4, -0.2) is 18.5 Å². The fourth-order valence-corrected chi connectivity index (χ4v) is 2.54. The summed E-state index contributed by atoms with van der Waals surface area (Å²) in [6, 6.07) is 2.87. The van der Waals surface area contributed by atoms with Crippen LogP contribution in [0.15, 0.2) is 12.1 Å². The van der Waals surface area contributed by atoms with E-state index in [-0.39, 0.29) is 34.6 Å². The summed E-state index contributed by atoms with van der Waals surface area (Å²) in [5.74, 6) is -0.291. The molecule has 0 spiro atoms. The van der Waals surface area contributed by atoms with E-state index in [1.165, 1.54) is 12.1 Å². The first-order valence-electron chi connectivity index (χ1n) is 7.30. The molecular formula is C16H19Cl3O4. The molecule has 1 aromatic carbocycles. The van der Waals surface area contributed by atoms with Crippen LogP contribution in [0.2, 0.25) is 15.1 Å². The van der Waals surface area contributed by atoms with Gasteiger partial charge in [-0.3, -0.25) is 9.59 Å². The zero-order valence-electron chi connectivity index (χ0n) is 13.0. The minimum absolute atomic E-state index is 0.0641. The molecule has 0 radical (unpaired) electrons. The van der Waals surface area contributed by atoms with Crippen LogP contribution < -0.4 is 4.74 Å². The Bertz CT molecular complexity index is 535. The minimum Gasteiger partial charge on any atom is -0.466 e. The van der Waals surface area contributed by atoms with Crippen molar-refractivity contribution >= 4 is 46.7 Å². The van der Waals surface area contributed by atoms with Crippen molar-refractivity contribution in [1.82, 2.24) is 0 Å². The van der Waals surface area contributed by atoms with Crippen LogP contribution in [0.1, 0.15) is 39.5 Å². The summed E-state index contributed by atoms with van der Waals surface area (Å²) in [6.45, 7) is 4.50. The first kappa shape index (κ1) is 20.1. The zero-order chi connectivity index (χ0) is 17.4. The van der Waals surface area contributed by atoms with E-state index in [0.717, 1.165) is 6.42 Å². The Morgan fingerprint density at radius 2 is 1.61 bits per heavy atom. The lowest BCUT2D eigenvalue weighted by Gasteiger charge is -2.09. The van der Waals surface area contributed by atoms with Crippen LogP contribution in [0.3, 0.4) is 0 Å². The van der Waals surface area contributed by atoms with Crippen LogP contribution >= 0.6 is 34.8 Å². The maximum Gasteiger partial charge on any atom is 0.311 e. The summed E-state index contributed by atoms with van der Waals surface area (Å²) in [7, 11) is 0. The third-order valence-corrected chi connectivity index (χ3v) is 3.68. The van der Waals surface area contributed by atoms with Crippen molar-refractivity contribution < 1.29 is 19.1 Å². The SMILES string of the molecule is CC(C)CCOC(=O)CCCC(=O)Oc1c(Cl)cc(Cl)cc1Cl. The Kier molecular flexibility index (Phi) is 8.74. The van der Waals surface area contributed by atoms with Gasteiger partial charge in [0.25, 0.3) is 0 Å². The standard InChI is InChI=1S/C16H19Cl3O4/c1-10(2)6-7-22-14(20)4-3-5-15(21)23-16-12(18)8-11(17)9-13(16)19/h8-10H,3-7H2,1-2H3. The van der Waals surface area contributed by atoms with Gasteiger partial charge in [0.1, 0.15) is 0 Å². The second-order valence-corrected chi connectivity index (χ2v) is 6.68. The lowest BCUT2D eigenvalue weighted by molar-refractivity contribution is -0.144. The van der Waals surface area contributed by atoms with Crippen molar-refractivity contribution in [2.45, 2.75) is 39.5 Å². The van der Waals surface area contributed by atoms with Gasteiger partial charge in [-0.05, 0) is 30.9 Å². The lowest BCUT2D eigenvalue weighted by atomic mass is 10.1. The Morgan fingerprint density at radius 1 is 1.04 bits per heavy atom. The summed E-state index contributed by atoms with van der Waals surface area (Å²) >= 11 is 17.6. The van der Waals surface area contributed by atoms with Gasteiger partial charge in [-0.1, -0.05) is 48.7 Å². The highest BCUT2D eigenvalue weighted by molar-refractivity contribution is 6.40. The van der Waals surface area contributed by atoms with Crippen LogP contribution in [0.25, 0.3) is 0 Å². The number of esters is 2. The fraction of sp³-hybridized carbons (Fsp3) is 0.500. The minimum atomic E-state index is -0.522. The number of hydrogen-bond donors (Lipinski definition) is 0. The number of halogens is 3. The molecular weight excluding hydrogens is 363 g/mol. The van der Waals surface area contributed by atoms with E-state index >= 15 is 0 Å². The summed E-state index contributed by atoms with van der Waals surface area (Å²) < 4.78 is 10.2. The van der Waals surface area contributed by atoms with E-state index in [2.05, 4.69) is 13.8 Å². The Hall–Kier alpha value is -0.970. The highest BCUT2D eigenvalue weighted by atomic mass is 35.5. The van der Waals surface area contributed by atoms with Crippen molar-refractivity contribution in [3.8, 4) is 5.75 Å². The van der Waals surface area contributed by atoms with Crippen molar-refractivity contribution in [3.63, 3.8) is 0 Å². The molecule has 1 rings (SSSR count).